The van der Waals surface area contributed by atoms with Gasteiger partial charge in [-0.1, -0.05) is 99.8 Å². The maximum absolute atomic E-state index is 5.76. The van der Waals surface area contributed by atoms with Gasteiger partial charge in [0.25, 0.3) is 0 Å². The van der Waals surface area contributed by atoms with Crippen LogP contribution < -0.4 is 9.47 Å². The molecule has 4 rings (SSSR count). The van der Waals surface area contributed by atoms with Gasteiger partial charge in [0.1, 0.15) is 17.3 Å². The van der Waals surface area contributed by atoms with E-state index in [1.165, 1.54) is 18.5 Å². The molecule has 206 valence electrons. The molecule has 0 unspecified atom stereocenters. The number of rotatable bonds is 15. The van der Waals surface area contributed by atoms with Crippen LogP contribution in [-0.2, 0) is 19.6 Å². The minimum Gasteiger partial charge on any atom is -0.496 e. The molecule has 1 aromatic heterocycles. The zero-order chi connectivity index (χ0) is 27.5. The fourth-order valence-corrected chi connectivity index (χ4v) is 5.16. The Morgan fingerprint density at radius 1 is 0.692 bits per heavy atom. The van der Waals surface area contributed by atoms with Gasteiger partial charge in [0.15, 0.2) is 0 Å². The van der Waals surface area contributed by atoms with E-state index in [-0.39, 0.29) is 0 Å². The van der Waals surface area contributed by atoms with Crippen molar-refractivity contribution in [2.24, 2.45) is 0 Å². The fourth-order valence-electron chi connectivity index (χ4n) is 5.16. The lowest BCUT2D eigenvalue weighted by atomic mass is 10.1. The van der Waals surface area contributed by atoms with Crippen molar-refractivity contribution in [3.8, 4) is 34.1 Å². The molecule has 0 radical (unpaired) electrons. The summed E-state index contributed by atoms with van der Waals surface area (Å²) in [5.74, 6) is 2.77. The van der Waals surface area contributed by atoms with E-state index in [1.807, 2.05) is 18.2 Å². The van der Waals surface area contributed by atoms with Gasteiger partial charge in [-0.05, 0) is 31.5 Å². The van der Waals surface area contributed by atoms with Crippen molar-refractivity contribution in [2.75, 3.05) is 20.8 Å². The molecule has 0 saturated heterocycles. The molecule has 0 saturated carbocycles. The van der Waals surface area contributed by atoms with E-state index >= 15 is 0 Å². The maximum Gasteiger partial charge on any atom is 0.140 e. The lowest BCUT2D eigenvalue weighted by molar-refractivity contribution is 0.238. The first-order valence-electron chi connectivity index (χ1n) is 14.3. The predicted octanol–water partition coefficient (Wildman–Crippen LogP) is 8.23. The van der Waals surface area contributed by atoms with E-state index in [1.54, 1.807) is 14.2 Å². The molecule has 0 N–H and O–H groups in total. The summed E-state index contributed by atoms with van der Waals surface area (Å²) in [5.41, 5.74) is 5.73. The predicted molar refractivity (Wildman–Crippen MR) is 161 cm³/mol. The topological polar surface area (TPSA) is 39.5 Å². The van der Waals surface area contributed by atoms with Gasteiger partial charge in [-0.25, -0.2) is 4.98 Å². The third-order valence-electron chi connectivity index (χ3n) is 7.25. The van der Waals surface area contributed by atoms with Crippen molar-refractivity contribution in [3.05, 3.63) is 90.1 Å². The second kappa shape index (κ2) is 14.5. The number of imidazole rings is 1. The van der Waals surface area contributed by atoms with Gasteiger partial charge in [0.2, 0.25) is 0 Å². The van der Waals surface area contributed by atoms with Gasteiger partial charge >= 0.3 is 0 Å². The molecule has 5 nitrogen and oxygen atoms in total. The van der Waals surface area contributed by atoms with Crippen LogP contribution in [0, 0.1) is 0 Å². The van der Waals surface area contributed by atoms with Gasteiger partial charge in [-0.15, -0.1) is 0 Å². The van der Waals surface area contributed by atoms with Crippen LogP contribution in [0.4, 0.5) is 0 Å². The summed E-state index contributed by atoms with van der Waals surface area (Å²) in [6.45, 7) is 7.97. The number of benzene rings is 3. The maximum atomic E-state index is 5.76. The van der Waals surface area contributed by atoms with E-state index in [9.17, 15) is 0 Å². The molecule has 0 amide bonds. The number of ether oxygens (including phenoxy) is 2. The summed E-state index contributed by atoms with van der Waals surface area (Å²) in [7, 11) is 3.47. The van der Waals surface area contributed by atoms with Crippen LogP contribution in [-0.4, -0.2) is 35.2 Å². The molecule has 4 aromatic rings. The molecule has 39 heavy (non-hydrogen) atoms. The van der Waals surface area contributed by atoms with Gasteiger partial charge < -0.3 is 14.0 Å². The van der Waals surface area contributed by atoms with Crippen LogP contribution in [0.15, 0.2) is 78.9 Å². The highest BCUT2D eigenvalue weighted by molar-refractivity contribution is 5.68. The first kappa shape index (κ1) is 28.4. The highest BCUT2D eigenvalue weighted by Crippen LogP contribution is 2.34. The molecule has 0 fully saturated rings. The molecule has 0 aliphatic carbocycles. The molecule has 0 atom stereocenters. The molecule has 0 aliphatic rings. The van der Waals surface area contributed by atoms with E-state index in [0.29, 0.717) is 0 Å². The van der Waals surface area contributed by atoms with Gasteiger partial charge in [0.05, 0.1) is 31.2 Å². The third kappa shape index (κ3) is 7.10. The Morgan fingerprint density at radius 3 is 1.90 bits per heavy atom. The molecule has 0 spiro atoms. The van der Waals surface area contributed by atoms with E-state index < -0.39 is 0 Å². The lowest BCUT2D eigenvalue weighted by Crippen LogP contribution is -2.26. The zero-order valence-electron chi connectivity index (χ0n) is 24.0. The largest absolute Gasteiger partial charge is 0.496 e. The fraction of sp³-hybridized carbons (Fsp3) is 0.382. The number of methoxy groups -OCH3 is 2. The Kier molecular flexibility index (Phi) is 10.6. The third-order valence-corrected chi connectivity index (χ3v) is 7.25. The smallest absolute Gasteiger partial charge is 0.140 e. The number of aromatic nitrogens is 2. The molecular weight excluding hydrogens is 482 g/mol. The molecule has 0 aliphatic heterocycles. The van der Waals surface area contributed by atoms with Crippen molar-refractivity contribution in [2.45, 2.75) is 65.6 Å². The van der Waals surface area contributed by atoms with Crippen molar-refractivity contribution in [1.29, 1.82) is 0 Å². The van der Waals surface area contributed by atoms with E-state index in [2.05, 4.69) is 84.0 Å². The van der Waals surface area contributed by atoms with Crippen molar-refractivity contribution in [1.82, 2.24) is 14.5 Å². The Hall–Kier alpha value is -3.57. The SMILES string of the molecule is CCCCCn1c(-c2ccccc2)nc(-c2ccccc2)c1CN(CCCC)Cc1c(OC)cccc1OC. The Bertz CT molecular complexity index is 1260. The number of nitrogens with zero attached hydrogens (tertiary/aromatic N) is 3. The summed E-state index contributed by atoms with van der Waals surface area (Å²) >= 11 is 0. The van der Waals surface area contributed by atoms with Gasteiger partial charge in [-0.3, -0.25) is 4.90 Å². The Labute approximate surface area is 234 Å². The normalized spacial score (nSPS) is 11.2. The first-order valence-corrected chi connectivity index (χ1v) is 14.3. The second-order valence-electron chi connectivity index (χ2n) is 10.0. The highest BCUT2D eigenvalue weighted by atomic mass is 16.5. The lowest BCUT2D eigenvalue weighted by Gasteiger charge is -2.26. The summed E-state index contributed by atoms with van der Waals surface area (Å²) in [6.07, 6.45) is 5.77. The Balaban J connectivity index is 1.82. The number of hydrogen-bond donors (Lipinski definition) is 0. The van der Waals surface area contributed by atoms with Crippen molar-refractivity contribution in [3.63, 3.8) is 0 Å². The standard InChI is InChI=1S/C34H43N3O2/c1-5-7-15-24-37-30(26-36(23-8-6-2)25-29-31(38-3)21-16-22-32(29)39-4)33(27-17-11-9-12-18-27)35-34(37)28-19-13-10-14-20-28/h9-14,16-22H,5-8,15,23-26H2,1-4H3. The summed E-state index contributed by atoms with van der Waals surface area (Å²) in [6, 6.07) is 27.3. The van der Waals surface area contributed by atoms with Gasteiger partial charge in [0, 0.05) is 30.8 Å². The van der Waals surface area contributed by atoms with Crippen LogP contribution in [0.5, 0.6) is 11.5 Å². The van der Waals surface area contributed by atoms with Crippen LogP contribution in [0.2, 0.25) is 0 Å². The quantitative estimate of drug-likeness (QED) is 0.147. The molecule has 3 aromatic carbocycles. The van der Waals surface area contributed by atoms with Crippen molar-refractivity contribution < 1.29 is 9.47 Å². The number of unbranched alkanes of at least 4 members (excludes halogenated alkanes) is 3. The monoisotopic (exact) mass is 525 g/mol. The van der Waals surface area contributed by atoms with E-state index in [0.717, 1.165) is 85.1 Å². The van der Waals surface area contributed by atoms with Crippen LogP contribution >= 0.6 is 0 Å². The summed E-state index contributed by atoms with van der Waals surface area (Å²) < 4.78 is 14.0. The molecule has 0 bridgehead atoms. The van der Waals surface area contributed by atoms with Crippen LogP contribution in [0.25, 0.3) is 22.6 Å². The molecular formula is C34H43N3O2. The van der Waals surface area contributed by atoms with Gasteiger partial charge in [-0.2, -0.15) is 0 Å². The van der Waals surface area contributed by atoms with Crippen LogP contribution in [0.1, 0.15) is 57.2 Å². The van der Waals surface area contributed by atoms with E-state index in [4.69, 9.17) is 14.5 Å². The van der Waals surface area contributed by atoms with Crippen molar-refractivity contribution >= 4 is 0 Å². The number of hydrogen-bond acceptors (Lipinski definition) is 4. The second-order valence-corrected chi connectivity index (χ2v) is 10.0. The first-order chi connectivity index (χ1) is 19.2. The Morgan fingerprint density at radius 2 is 1.31 bits per heavy atom. The average molecular weight is 526 g/mol. The zero-order valence-corrected chi connectivity index (χ0v) is 24.0. The minimum absolute atomic E-state index is 0.738. The minimum atomic E-state index is 0.738. The van der Waals surface area contributed by atoms with Crippen LogP contribution in [0.3, 0.4) is 0 Å². The average Bonchev–Trinajstić information content (AvgIpc) is 3.34. The molecule has 5 heteroatoms. The summed E-state index contributed by atoms with van der Waals surface area (Å²) in [5, 5.41) is 0. The molecule has 1 heterocycles. The highest BCUT2D eigenvalue weighted by Gasteiger charge is 2.23. The summed E-state index contributed by atoms with van der Waals surface area (Å²) in [4.78, 5) is 7.85.